The molecule has 0 aliphatic heterocycles. The minimum atomic E-state index is -0.378. The molecule has 0 saturated carbocycles. The standard InChI is InChI=1S/C27H21F2N7/c1-36(2)14-15-9-16(13-30-12-15)18-10-19-23(11-21(18)29)34-35-25(19)27-32-22-7-8-31-24(26(22)33-27)17-5-3-4-6-20(17)28/h3-13H,14H2,1-2H3,(H,32,33)(H,34,35). The van der Waals surface area contributed by atoms with Crippen LogP contribution in [0.2, 0.25) is 0 Å². The maximum atomic E-state index is 15.1. The summed E-state index contributed by atoms with van der Waals surface area (Å²) in [4.78, 5) is 18.7. The van der Waals surface area contributed by atoms with Crippen LogP contribution in [-0.4, -0.2) is 49.1 Å². The molecule has 0 aliphatic carbocycles. The third kappa shape index (κ3) is 3.79. The Morgan fingerprint density at radius 2 is 1.75 bits per heavy atom. The molecule has 9 heteroatoms. The topological polar surface area (TPSA) is 86.4 Å². The Labute approximate surface area is 204 Å². The average molecular weight is 482 g/mol. The van der Waals surface area contributed by atoms with Crippen LogP contribution < -0.4 is 0 Å². The number of aromatic amines is 2. The summed E-state index contributed by atoms with van der Waals surface area (Å²) < 4.78 is 29.6. The predicted molar refractivity (Wildman–Crippen MR) is 135 cm³/mol. The van der Waals surface area contributed by atoms with Gasteiger partial charge in [-0.15, -0.1) is 0 Å². The van der Waals surface area contributed by atoms with E-state index >= 15 is 4.39 Å². The van der Waals surface area contributed by atoms with Crippen molar-refractivity contribution in [1.29, 1.82) is 0 Å². The molecule has 6 aromatic rings. The monoisotopic (exact) mass is 481 g/mol. The van der Waals surface area contributed by atoms with E-state index in [2.05, 4.69) is 25.1 Å². The number of aromatic nitrogens is 6. The molecule has 4 heterocycles. The number of hydrogen-bond donors (Lipinski definition) is 2. The molecular formula is C27H21F2N7. The number of halogens is 2. The van der Waals surface area contributed by atoms with Gasteiger partial charge in [0, 0.05) is 53.3 Å². The lowest BCUT2D eigenvalue weighted by Crippen LogP contribution is -2.10. The SMILES string of the molecule is CN(C)Cc1cncc(-c2cc3c(-c4nc5c(-c6ccccc6F)nccc5[nH]4)n[nH]c3cc2F)c1. The second-order valence-corrected chi connectivity index (χ2v) is 8.89. The third-order valence-electron chi connectivity index (χ3n) is 6.01. The fourth-order valence-electron chi connectivity index (χ4n) is 4.42. The van der Waals surface area contributed by atoms with Crippen molar-refractivity contribution in [2.45, 2.75) is 6.54 Å². The Morgan fingerprint density at radius 3 is 2.58 bits per heavy atom. The van der Waals surface area contributed by atoms with Crippen LogP contribution in [-0.2, 0) is 6.54 Å². The first-order valence-corrected chi connectivity index (χ1v) is 11.3. The maximum absolute atomic E-state index is 15.1. The number of H-pyrrole nitrogens is 2. The highest BCUT2D eigenvalue weighted by Crippen LogP contribution is 2.34. The van der Waals surface area contributed by atoms with Gasteiger partial charge in [0.05, 0.1) is 11.0 Å². The molecule has 2 N–H and O–H groups in total. The Balaban J connectivity index is 1.48. The zero-order chi connectivity index (χ0) is 24.8. The fourth-order valence-corrected chi connectivity index (χ4v) is 4.42. The van der Waals surface area contributed by atoms with E-state index in [9.17, 15) is 4.39 Å². The van der Waals surface area contributed by atoms with Crippen LogP contribution in [0.5, 0.6) is 0 Å². The molecule has 0 atom stereocenters. The van der Waals surface area contributed by atoms with Crippen molar-refractivity contribution >= 4 is 21.9 Å². The number of benzene rings is 2. The normalized spacial score (nSPS) is 11.7. The summed E-state index contributed by atoms with van der Waals surface area (Å²) in [7, 11) is 3.94. The minimum Gasteiger partial charge on any atom is -0.336 e. The molecule has 6 rings (SSSR count). The Hall–Kier alpha value is -4.50. The second-order valence-electron chi connectivity index (χ2n) is 8.89. The molecule has 7 nitrogen and oxygen atoms in total. The van der Waals surface area contributed by atoms with Crippen LogP contribution in [0.1, 0.15) is 5.56 Å². The van der Waals surface area contributed by atoms with Crippen LogP contribution >= 0.6 is 0 Å². The first kappa shape index (κ1) is 22.0. The van der Waals surface area contributed by atoms with E-state index in [4.69, 9.17) is 4.98 Å². The van der Waals surface area contributed by atoms with Gasteiger partial charge < -0.3 is 9.88 Å². The molecule has 0 amide bonds. The lowest BCUT2D eigenvalue weighted by atomic mass is 10.0. The van der Waals surface area contributed by atoms with Gasteiger partial charge in [-0.3, -0.25) is 15.1 Å². The highest BCUT2D eigenvalue weighted by molar-refractivity contribution is 5.97. The summed E-state index contributed by atoms with van der Waals surface area (Å²) in [6.07, 6.45) is 5.03. The summed E-state index contributed by atoms with van der Waals surface area (Å²) >= 11 is 0. The van der Waals surface area contributed by atoms with Crippen molar-refractivity contribution in [1.82, 2.24) is 35.0 Å². The molecule has 178 valence electrons. The van der Waals surface area contributed by atoms with Crippen molar-refractivity contribution in [3.05, 3.63) is 84.3 Å². The van der Waals surface area contributed by atoms with Crippen molar-refractivity contribution in [2.24, 2.45) is 0 Å². The van der Waals surface area contributed by atoms with E-state index in [-0.39, 0.29) is 11.6 Å². The highest BCUT2D eigenvalue weighted by atomic mass is 19.1. The summed E-state index contributed by atoms with van der Waals surface area (Å²) in [6.45, 7) is 0.693. The van der Waals surface area contributed by atoms with Gasteiger partial charge >= 0.3 is 0 Å². The second kappa shape index (κ2) is 8.62. The molecule has 0 aliphatic rings. The number of nitrogens with zero attached hydrogens (tertiary/aromatic N) is 5. The van der Waals surface area contributed by atoms with Crippen molar-refractivity contribution in [3.8, 4) is 33.9 Å². The van der Waals surface area contributed by atoms with Crippen LogP contribution in [0.25, 0.3) is 55.8 Å². The number of hydrogen-bond acceptors (Lipinski definition) is 5. The number of rotatable bonds is 5. The smallest absolute Gasteiger partial charge is 0.159 e. The quantitative estimate of drug-likeness (QED) is 0.336. The lowest BCUT2D eigenvalue weighted by Gasteiger charge is -2.11. The van der Waals surface area contributed by atoms with Crippen LogP contribution in [0.4, 0.5) is 8.78 Å². The van der Waals surface area contributed by atoms with Gasteiger partial charge in [-0.2, -0.15) is 5.10 Å². The van der Waals surface area contributed by atoms with Gasteiger partial charge in [0.1, 0.15) is 28.5 Å². The van der Waals surface area contributed by atoms with E-state index in [1.807, 2.05) is 25.1 Å². The van der Waals surface area contributed by atoms with Crippen LogP contribution in [0.15, 0.2) is 67.1 Å². The summed E-state index contributed by atoms with van der Waals surface area (Å²) in [6, 6.07) is 13.3. The fraction of sp³-hybridized carbons (Fsp3) is 0.111. The molecule has 0 fully saturated rings. The van der Waals surface area contributed by atoms with Gasteiger partial charge in [0.15, 0.2) is 5.82 Å². The summed E-state index contributed by atoms with van der Waals surface area (Å²) in [5.41, 5.74) is 5.16. The van der Waals surface area contributed by atoms with Crippen LogP contribution in [0, 0.1) is 11.6 Å². The predicted octanol–water partition coefficient (Wildman–Crippen LogP) is 5.57. The van der Waals surface area contributed by atoms with E-state index in [0.29, 0.717) is 62.4 Å². The summed E-state index contributed by atoms with van der Waals surface area (Å²) in [5.74, 6) is -0.284. The molecule has 2 aromatic carbocycles. The molecular weight excluding hydrogens is 460 g/mol. The van der Waals surface area contributed by atoms with Crippen LogP contribution in [0.3, 0.4) is 0 Å². The number of pyridine rings is 2. The van der Waals surface area contributed by atoms with Crippen molar-refractivity contribution < 1.29 is 8.78 Å². The van der Waals surface area contributed by atoms with Gasteiger partial charge in [-0.1, -0.05) is 12.1 Å². The molecule has 4 aromatic heterocycles. The van der Waals surface area contributed by atoms with E-state index in [1.54, 1.807) is 48.9 Å². The first-order chi connectivity index (χ1) is 17.5. The largest absolute Gasteiger partial charge is 0.336 e. The van der Waals surface area contributed by atoms with Crippen molar-refractivity contribution in [2.75, 3.05) is 14.1 Å². The number of imidazole rings is 1. The Morgan fingerprint density at radius 1 is 0.889 bits per heavy atom. The van der Waals surface area contributed by atoms with Crippen molar-refractivity contribution in [3.63, 3.8) is 0 Å². The molecule has 36 heavy (non-hydrogen) atoms. The van der Waals surface area contributed by atoms with Gasteiger partial charge in [0.25, 0.3) is 0 Å². The average Bonchev–Trinajstić information content (AvgIpc) is 3.47. The molecule has 0 bridgehead atoms. The molecule has 0 spiro atoms. The zero-order valence-corrected chi connectivity index (χ0v) is 19.5. The number of fused-ring (bicyclic) bond motifs is 2. The molecule has 0 saturated heterocycles. The third-order valence-corrected chi connectivity index (χ3v) is 6.01. The zero-order valence-electron chi connectivity index (χ0n) is 19.5. The highest BCUT2D eigenvalue weighted by Gasteiger charge is 2.19. The minimum absolute atomic E-state index is 0.363. The summed E-state index contributed by atoms with van der Waals surface area (Å²) in [5, 5.41) is 8.00. The van der Waals surface area contributed by atoms with Gasteiger partial charge in [-0.25, -0.2) is 13.8 Å². The Bertz CT molecular complexity index is 1740. The maximum Gasteiger partial charge on any atom is 0.159 e. The van der Waals surface area contributed by atoms with E-state index < -0.39 is 0 Å². The Kier molecular flexibility index (Phi) is 5.26. The van der Waals surface area contributed by atoms with Gasteiger partial charge in [0.2, 0.25) is 0 Å². The van der Waals surface area contributed by atoms with Gasteiger partial charge in [-0.05, 0) is 50.0 Å². The number of nitrogens with one attached hydrogen (secondary N) is 2. The van der Waals surface area contributed by atoms with E-state index in [1.165, 1.54) is 12.1 Å². The first-order valence-electron chi connectivity index (χ1n) is 11.3. The molecule has 0 unspecified atom stereocenters. The molecule has 0 radical (unpaired) electrons. The lowest BCUT2D eigenvalue weighted by molar-refractivity contribution is 0.402. The van der Waals surface area contributed by atoms with E-state index in [0.717, 1.165) is 5.56 Å².